The highest BCUT2D eigenvalue weighted by atomic mass is 16.2. The Morgan fingerprint density at radius 2 is 2.17 bits per heavy atom. The van der Waals surface area contributed by atoms with Gasteiger partial charge in [0.05, 0.1) is 12.2 Å². The van der Waals surface area contributed by atoms with Crippen LogP contribution >= 0.6 is 0 Å². The van der Waals surface area contributed by atoms with Gasteiger partial charge < -0.3 is 4.90 Å². The van der Waals surface area contributed by atoms with E-state index in [-0.39, 0.29) is 5.91 Å². The largest absolute Gasteiger partial charge is 0.332 e. The molecule has 3 rings (SSSR count). The summed E-state index contributed by atoms with van der Waals surface area (Å²) in [6, 6.07) is 0. The molecular weight excluding hydrogens is 226 g/mol. The standard InChI is InChI=1S/C14H19N3O/c18-14(6-5-11-3-1-2-4-11)17-8-12-7-15-10-16-13(12)9-17/h7,10-11H,1-6,8-9H2. The molecule has 2 aliphatic rings. The van der Waals surface area contributed by atoms with Crippen molar-refractivity contribution >= 4 is 5.91 Å². The zero-order valence-electron chi connectivity index (χ0n) is 10.6. The third-order valence-electron chi connectivity index (χ3n) is 4.18. The summed E-state index contributed by atoms with van der Waals surface area (Å²) in [6.07, 6.45) is 10.5. The van der Waals surface area contributed by atoms with Gasteiger partial charge in [0, 0.05) is 24.7 Å². The topological polar surface area (TPSA) is 46.1 Å². The Morgan fingerprint density at radius 1 is 1.33 bits per heavy atom. The average Bonchev–Trinajstić information content (AvgIpc) is 3.04. The highest BCUT2D eigenvalue weighted by Gasteiger charge is 2.25. The lowest BCUT2D eigenvalue weighted by Gasteiger charge is -2.16. The normalized spacial score (nSPS) is 19.2. The van der Waals surface area contributed by atoms with Crippen molar-refractivity contribution in [1.29, 1.82) is 0 Å². The molecule has 96 valence electrons. The van der Waals surface area contributed by atoms with Crippen LogP contribution in [0.4, 0.5) is 0 Å². The van der Waals surface area contributed by atoms with Crippen LogP contribution in [0.3, 0.4) is 0 Å². The maximum Gasteiger partial charge on any atom is 0.223 e. The number of fused-ring (bicyclic) bond motifs is 1. The highest BCUT2D eigenvalue weighted by Crippen LogP contribution is 2.29. The van der Waals surface area contributed by atoms with E-state index in [9.17, 15) is 4.79 Å². The second-order valence-corrected chi connectivity index (χ2v) is 5.43. The van der Waals surface area contributed by atoms with Crippen molar-refractivity contribution < 1.29 is 4.79 Å². The van der Waals surface area contributed by atoms with Gasteiger partial charge in [-0.15, -0.1) is 0 Å². The molecule has 0 unspecified atom stereocenters. The quantitative estimate of drug-likeness (QED) is 0.820. The van der Waals surface area contributed by atoms with Gasteiger partial charge in [0.25, 0.3) is 0 Å². The molecule has 2 heterocycles. The molecule has 1 aromatic heterocycles. The number of carbonyl (C=O) groups excluding carboxylic acids is 1. The summed E-state index contributed by atoms with van der Waals surface area (Å²) in [7, 11) is 0. The third kappa shape index (κ3) is 2.37. The van der Waals surface area contributed by atoms with E-state index in [2.05, 4.69) is 9.97 Å². The second-order valence-electron chi connectivity index (χ2n) is 5.43. The van der Waals surface area contributed by atoms with E-state index < -0.39 is 0 Å². The molecule has 1 aromatic rings. The zero-order valence-corrected chi connectivity index (χ0v) is 10.6. The Bertz CT molecular complexity index is 415. The third-order valence-corrected chi connectivity index (χ3v) is 4.18. The van der Waals surface area contributed by atoms with Crippen LogP contribution in [0.15, 0.2) is 12.5 Å². The lowest BCUT2D eigenvalue weighted by atomic mass is 10.0. The fourth-order valence-electron chi connectivity index (χ4n) is 3.06. The smallest absolute Gasteiger partial charge is 0.223 e. The zero-order chi connectivity index (χ0) is 12.4. The Balaban J connectivity index is 1.52. The predicted octanol–water partition coefficient (Wildman–Crippen LogP) is 2.29. The molecule has 1 aliphatic heterocycles. The number of rotatable bonds is 3. The molecule has 1 fully saturated rings. The van der Waals surface area contributed by atoms with Crippen LogP contribution < -0.4 is 0 Å². The maximum atomic E-state index is 12.1. The predicted molar refractivity (Wildman–Crippen MR) is 67.5 cm³/mol. The number of carbonyl (C=O) groups is 1. The van der Waals surface area contributed by atoms with Crippen molar-refractivity contribution in [1.82, 2.24) is 14.9 Å². The van der Waals surface area contributed by atoms with Crippen molar-refractivity contribution in [3.8, 4) is 0 Å². The van der Waals surface area contributed by atoms with Crippen molar-refractivity contribution in [3.63, 3.8) is 0 Å². The lowest BCUT2D eigenvalue weighted by Crippen LogP contribution is -2.25. The molecule has 1 aliphatic carbocycles. The van der Waals surface area contributed by atoms with E-state index in [1.54, 1.807) is 6.33 Å². The molecule has 4 nitrogen and oxygen atoms in total. The van der Waals surface area contributed by atoms with Gasteiger partial charge in [-0.05, 0) is 12.3 Å². The van der Waals surface area contributed by atoms with Gasteiger partial charge in [0.2, 0.25) is 5.91 Å². The minimum absolute atomic E-state index is 0.278. The minimum Gasteiger partial charge on any atom is -0.332 e. The SMILES string of the molecule is O=C(CCC1CCCC1)N1Cc2cncnc2C1. The summed E-state index contributed by atoms with van der Waals surface area (Å²) in [6.45, 7) is 1.36. The summed E-state index contributed by atoms with van der Waals surface area (Å²) in [5.41, 5.74) is 2.12. The van der Waals surface area contributed by atoms with Gasteiger partial charge >= 0.3 is 0 Å². The molecule has 4 heteroatoms. The van der Waals surface area contributed by atoms with Crippen LogP contribution in [-0.2, 0) is 17.9 Å². The molecule has 0 atom stereocenters. The summed E-state index contributed by atoms with van der Waals surface area (Å²) in [5.74, 6) is 1.07. The molecule has 0 spiro atoms. The van der Waals surface area contributed by atoms with E-state index in [4.69, 9.17) is 0 Å². The Labute approximate surface area is 107 Å². The summed E-state index contributed by atoms with van der Waals surface area (Å²) < 4.78 is 0. The Hall–Kier alpha value is -1.45. The van der Waals surface area contributed by atoms with Crippen LogP contribution in [0.2, 0.25) is 0 Å². The Kier molecular flexibility index (Phi) is 3.26. The first-order chi connectivity index (χ1) is 8.83. The van der Waals surface area contributed by atoms with Crippen LogP contribution in [0.25, 0.3) is 0 Å². The number of hydrogen-bond donors (Lipinski definition) is 0. The number of aromatic nitrogens is 2. The summed E-state index contributed by atoms with van der Waals surface area (Å²) in [4.78, 5) is 22.3. The molecule has 0 radical (unpaired) electrons. The number of hydrogen-bond acceptors (Lipinski definition) is 3. The first-order valence-electron chi connectivity index (χ1n) is 6.88. The molecule has 1 saturated carbocycles. The van der Waals surface area contributed by atoms with Crippen molar-refractivity contribution in [3.05, 3.63) is 23.8 Å². The van der Waals surface area contributed by atoms with Gasteiger partial charge in [-0.1, -0.05) is 25.7 Å². The summed E-state index contributed by atoms with van der Waals surface area (Å²) in [5, 5.41) is 0. The fraction of sp³-hybridized carbons (Fsp3) is 0.643. The monoisotopic (exact) mass is 245 g/mol. The van der Waals surface area contributed by atoms with Gasteiger partial charge in [-0.3, -0.25) is 4.79 Å². The van der Waals surface area contributed by atoms with E-state index >= 15 is 0 Å². The van der Waals surface area contributed by atoms with Crippen LogP contribution in [0.5, 0.6) is 0 Å². The van der Waals surface area contributed by atoms with Gasteiger partial charge in [0.15, 0.2) is 0 Å². The minimum atomic E-state index is 0.278. The first kappa shape index (κ1) is 11.6. The fourth-order valence-corrected chi connectivity index (χ4v) is 3.06. The first-order valence-corrected chi connectivity index (χ1v) is 6.88. The number of amides is 1. The number of nitrogens with zero attached hydrogens (tertiary/aromatic N) is 3. The van der Waals surface area contributed by atoms with Gasteiger partial charge in [-0.2, -0.15) is 0 Å². The van der Waals surface area contributed by atoms with E-state index in [1.165, 1.54) is 25.7 Å². The maximum absolute atomic E-state index is 12.1. The van der Waals surface area contributed by atoms with Crippen molar-refractivity contribution in [2.75, 3.05) is 0 Å². The van der Waals surface area contributed by atoms with Crippen LogP contribution in [0, 0.1) is 5.92 Å². The van der Waals surface area contributed by atoms with E-state index in [0.717, 1.165) is 23.6 Å². The molecule has 0 N–H and O–H groups in total. The van der Waals surface area contributed by atoms with Gasteiger partial charge in [0.1, 0.15) is 6.33 Å². The van der Waals surface area contributed by atoms with Crippen LogP contribution in [0.1, 0.15) is 49.8 Å². The summed E-state index contributed by atoms with van der Waals surface area (Å²) >= 11 is 0. The molecule has 0 bridgehead atoms. The molecule has 0 saturated heterocycles. The van der Waals surface area contributed by atoms with Crippen molar-refractivity contribution in [2.24, 2.45) is 5.92 Å². The highest BCUT2D eigenvalue weighted by molar-refractivity contribution is 5.76. The molecule has 1 amide bonds. The van der Waals surface area contributed by atoms with Crippen molar-refractivity contribution in [2.45, 2.75) is 51.6 Å². The molecule has 18 heavy (non-hydrogen) atoms. The lowest BCUT2D eigenvalue weighted by molar-refractivity contribution is -0.132. The second kappa shape index (κ2) is 5.04. The molecular formula is C14H19N3O. The average molecular weight is 245 g/mol. The molecule has 0 aromatic carbocycles. The van der Waals surface area contributed by atoms with Crippen LogP contribution in [-0.4, -0.2) is 20.8 Å². The Morgan fingerprint density at radius 3 is 2.94 bits per heavy atom. The van der Waals surface area contributed by atoms with E-state index in [1.807, 2.05) is 11.1 Å². The van der Waals surface area contributed by atoms with E-state index in [0.29, 0.717) is 19.5 Å². The van der Waals surface area contributed by atoms with Gasteiger partial charge in [-0.25, -0.2) is 9.97 Å².